The maximum absolute atomic E-state index is 8.00. The predicted octanol–water partition coefficient (Wildman–Crippen LogP) is 6.00. The van der Waals surface area contributed by atoms with Crippen LogP contribution in [0.5, 0.6) is 0 Å². The zero-order chi connectivity index (χ0) is 27.0. The molecule has 0 saturated heterocycles. The molecule has 2 aromatic carbocycles. The lowest BCUT2D eigenvalue weighted by Gasteiger charge is -2.16. The van der Waals surface area contributed by atoms with Gasteiger partial charge in [-0.3, -0.25) is 9.97 Å². The molecule has 0 unspecified atom stereocenters. The number of rotatable bonds is 5. The van der Waals surface area contributed by atoms with Gasteiger partial charge < -0.3 is 21.0 Å². The van der Waals surface area contributed by atoms with Gasteiger partial charge in [0, 0.05) is 48.4 Å². The van der Waals surface area contributed by atoms with Crippen LogP contribution in [-0.2, 0) is 11.3 Å². The van der Waals surface area contributed by atoms with E-state index in [-0.39, 0.29) is 0 Å². The Morgan fingerprint density at radius 3 is 2.22 bits per heavy atom. The molecule has 0 spiro atoms. The average molecular weight is 496 g/mol. The molecule has 7 nitrogen and oxygen atoms in total. The summed E-state index contributed by atoms with van der Waals surface area (Å²) in [6, 6.07) is 24.5. The summed E-state index contributed by atoms with van der Waals surface area (Å²) < 4.78 is 0. The number of pyridine rings is 3. The molecule has 0 atom stereocenters. The second-order valence-corrected chi connectivity index (χ2v) is 7.30. The second-order valence-electron chi connectivity index (χ2n) is 7.30. The Labute approximate surface area is 218 Å². The van der Waals surface area contributed by atoms with Crippen molar-refractivity contribution in [3.8, 4) is 22.3 Å². The first kappa shape index (κ1) is 28.6. The van der Waals surface area contributed by atoms with Crippen LogP contribution in [0, 0.1) is 0 Å². The summed E-state index contributed by atoms with van der Waals surface area (Å²) in [6.07, 6.45) is 7.16. The number of aromatic nitrogens is 3. The van der Waals surface area contributed by atoms with Crippen LogP contribution in [0.3, 0.4) is 0 Å². The van der Waals surface area contributed by atoms with Gasteiger partial charge in [0.1, 0.15) is 12.6 Å². The van der Waals surface area contributed by atoms with E-state index >= 15 is 0 Å². The maximum atomic E-state index is 8.00. The first-order valence-electron chi connectivity index (χ1n) is 11.8. The number of hydrogen-bond donors (Lipinski definition) is 3. The number of hydrogen-bond acceptors (Lipinski definition) is 7. The molecule has 5 aromatic rings. The molecule has 190 valence electrons. The Hall–Kier alpha value is -4.62. The number of nitrogen functional groups attached to an aromatic ring is 1. The minimum atomic E-state index is 0.589. The molecule has 0 bridgehead atoms. The highest BCUT2D eigenvalue weighted by Gasteiger charge is 2.14. The van der Waals surface area contributed by atoms with Gasteiger partial charge in [-0.25, -0.2) is 4.98 Å². The summed E-state index contributed by atoms with van der Waals surface area (Å²) in [6.45, 7) is 6.59. The van der Waals surface area contributed by atoms with Crippen LogP contribution in [0.4, 0.5) is 11.5 Å². The number of carbonyl (C=O) groups excluding carboxylic acids is 1. The SMILES string of the molecule is C=O.CC.CO.Nc1cncc(-c2cnc(NCc3ccccn3)c3c(-c4ccccc4)cccc23)c1. The molecular formula is C30H33N5O2. The van der Waals surface area contributed by atoms with Crippen molar-refractivity contribution in [1.29, 1.82) is 0 Å². The van der Waals surface area contributed by atoms with Gasteiger partial charge in [-0.05, 0) is 34.7 Å². The zero-order valence-corrected chi connectivity index (χ0v) is 21.4. The molecular weight excluding hydrogens is 462 g/mol. The monoisotopic (exact) mass is 495 g/mol. The third-order valence-electron chi connectivity index (χ3n) is 5.23. The number of aliphatic hydroxyl groups excluding tert-OH is 1. The van der Waals surface area contributed by atoms with E-state index in [4.69, 9.17) is 20.6 Å². The van der Waals surface area contributed by atoms with E-state index in [0.29, 0.717) is 12.2 Å². The van der Waals surface area contributed by atoms with Crippen molar-refractivity contribution < 1.29 is 9.90 Å². The number of nitrogens with zero attached hydrogens (tertiary/aromatic N) is 3. The highest BCUT2D eigenvalue weighted by Crippen LogP contribution is 2.38. The normalized spacial score (nSPS) is 9.51. The largest absolute Gasteiger partial charge is 0.400 e. The summed E-state index contributed by atoms with van der Waals surface area (Å²) in [5.41, 5.74) is 11.8. The van der Waals surface area contributed by atoms with E-state index in [1.165, 1.54) is 0 Å². The molecule has 3 heterocycles. The van der Waals surface area contributed by atoms with Crippen molar-refractivity contribution in [3.63, 3.8) is 0 Å². The molecule has 0 aliphatic rings. The maximum Gasteiger partial charge on any atom is 0.134 e. The van der Waals surface area contributed by atoms with Crippen LogP contribution in [0.2, 0.25) is 0 Å². The van der Waals surface area contributed by atoms with E-state index < -0.39 is 0 Å². The lowest BCUT2D eigenvalue weighted by Crippen LogP contribution is -2.04. The van der Waals surface area contributed by atoms with Crippen LogP contribution >= 0.6 is 0 Å². The number of anilines is 2. The Morgan fingerprint density at radius 1 is 0.811 bits per heavy atom. The van der Waals surface area contributed by atoms with Crippen molar-refractivity contribution in [2.75, 3.05) is 18.2 Å². The molecule has 0 saturated carbocycles. The lowest BCUT2D eigenvalue weighted by atomic mass is 9.94. The molecule has 0 fully saturated rings. The minimum absolute atomic E-state index is 0.589. The first-order valence-corrected chi connectivity index (χ1v) is 11.8. The number of aliphatic hydroxyl groups is 1. The van der Waals surface area contributed by atoms with Crippen LogP contribution in [0.1, 0.15) is 19.5 Å². The summed E-state index contributed by atoms with van der Waals surface area (Å²) in [5, 5.41) is 12.6. The van der Waals surface area contributed by atoms with Crippen LogP contribution < -0.4 is 11.1 Å². The number of nitrogens with two attached hydrogens (primary N) is 1. The highest BCUT2D eigenvalue weighted by molar-refractivity contribution is 6.09. The molecule has 37 heavy (non-hydrogen) atoms. The van der Waals surface area contributed by atoms with Crippen LogP contribution in [-0.4, -0.2) is 34.0 Å². The molecule has 0 aliphatic carbocycles. The van der Waals surface area contributed by atoms with E-state index in [1.807, 2.05) is 75.5 Å². The minimum Gasteiger partial charge on any atom is -0.400 e. The van der Waals surface area contributed by atoms with Gasteiger partial charge in [-0.15, -0.1) is 0 Å². The standard InChI is InChI=1S/C26H21N5.C2H6.CH4O.CH2O/c27-20-13-19(14-28-15-20)24-17-31-26(30-16-21-9-4-5-12-29-21)25-22(10-6-11-23(24)25)18-7-2-1-3-8-18;3*1-2/h1-15,17H,16,27H2,(H,30,31);1-2H3;2H,1H3;1H2. The molecule has 0 radical (unpaired) electrons. The van der Waals surface area contributed by atoms with Crippen LogP contribution in [0.25, 0.3) is 33.0 Å². The van der Waals surface area contributed by atoms with E-state index in [0.717, 1.165) is 51.6 Å². The first-order chi connectivity index (χ1) is 18.3. The Balaban J connectivity index is 0.000000750. The van der Waals surface area contributed by atoms with Gasteiger partial charge in [-0.1, -0.05) is 68.4 Å². The van der Waals surface area contributed by atoms with Crippen LogP contribution in [0.15, 0.2) is 97.6 Å². The summed E-state index contributed by atoms with van der Waals surface area (Å²) >= 11 is 0. The third-order valence-corrected chi connectivity index (χ3v) is 5.23. The molecule has 4 N–H and O–H groups in total. The lowest BCUT2D eigenvalue weighted by molar-refractivity contribution is -0.0979. The fraction of sp³-hybridized carbons (Fsp3) is 0.133. The van der Waals surface area contributed by atoms with E-state index in [2.05, 4.69) is 45.6 Å². The molecule has 7 heteroatoms. The van der Waals surface area contributed by atoms with Crippen molar-refractivity contribution in [3.05, 3.63) is 103 Å². The quantitative estimate of drug-likeness (QED) is 0.274. The number of nitrogens with one attached hydrogen (secondary N) is 1. The smallest absolute Gasteiger partial charge is 0.134 e. The van der Waals surface area contributed by atoms with Gasteiger partial charge in [0.05, 0.1) is 17.9 Å². The van der Waals surface area contributed by atoms with Gasteiger partial charge in [0.2, 0.25) is 0 Å². The molecule has 5 rings (SSSR count). The fourth-order valence-corrected chi connectivity index (χ4v) is 3.80. The van der Waals surface area contributed by atoms with Gasteiger partial charge in [0.25, 0.3) is 0 Å². The van der Waals surface area contributed by atoms with Gasteiger partial charge in [0.15, 0.2) is 0 Å². The Kier molecular flexibility index (Phi) is 11.9. The Bertz CT molecular complexity index is 1360. The van der Waals surface area contributed by atoms with Crippen molar-refractivity contribution in [2.45, 2.75) is 20.4 Å². The zero-order valence-electron chi connectivity index (χ0n) is 21.4. The van der Waals surface area contributed by atoms with Gasteiger partial charge >= 0.3 is 0 Å². The van der Waals surface area contributed by atoms with E-state index in [9.17, 15) is 0 Å². The summed E-state index contributed by atoms with van der Waals surface area (Å²) in [7, 11) is 1.00. The highest BCUT2D eigenvalue weighted by atomic mass is 16.2. The number of fused-ring (bicyclic) bond motifs is 1. The van der Waals surface area contributed by atoms with Crippen molar-refractivity contribution in [1.82, 2.24) is 15.0 Å². The second kappa shape index (κ2) is 15.4. The average Bonchev–Trinajstić information content (AvgIpc) is 2.99. The van der Waals surface area contributed by atoms with Gasteiger partial charge in [-0.2, -0.15) is 0 Å². The summed E-state index contributed by atoms with van der Waals surface area (Å²) in [5.74, 6) is 0.820. The predicted molar refractivity (Wildman–Crippen MR) is 153 cm³/mol. The molecule has 0 aliphatic heterocycles. The topological polar surface area (TPSA) is 114 Å². The van der Waals surface area contributed by atoms with E-state index in [1.54, 1.807) is 12.4 Å². The Morgan fingerprint density at radius 2 is 1.54 bits per heavy atom. The fourth-order valence-electron chi connectivity index (χ4n) is 3.80. The number of carbonyl (C=O) groups is 1. The molecule has 0 amide bonds. The van der Waals surface area contributed by atoms with Crippen molar-refractivity contribution >= 4 is 29.1 Å². The summed E-state index contributed by atoms with van der Waals surface area (Å²) in [4.78, 5) is 21.5. The van der Waals surface area contributed by atoms with Crippen molar-refractivity contribution in [2.24, 2.45) is 0 Å². The third kappa shape index (κ3) is 7.19. The molecule has 3 aromatic heterocycles. The number of benzene rings is 2.